The second-order valence-corrected chi connectivity index (χ2v) is 8.18. The molecule has 0 fully saturated rings. The van der Waals surface area contributed by atoms with Crippen LogP contribution in [0.2, 0.25) is 0 Å². The molecule has 0 aliphatic heterocycles. The topological polar surface area (TPSA) is 92.7 Å². The van der Waals surface area contributed by atoms with E-state index in [1.165, 1.54) is 10.9 Å². The van der Waals surface area contributed by atoms with Crippen molar-refractivity contribution in [2.45, 2.75) is 25.9 Å². The molecule has 0 aliphatic carbocycles. The monoisotopic (exact) mass is 421 g/mol. The maximum Gasteiger partial charge on any atom is 0.261 e. The van der Waals surface area contributed by atoms with Crippen molar-refractivity contribution in [2.24, 2.45) is 0 Å². The summed E-state index contributed by atoms with van der Waals surface area (Å²) in [7, 11) is 0. The van der Waals surface area contributed by atoms with Crippen LogP contribution in [0.4, 0.5) is 0 Å². The van der Waals surface area contributed by atoms with Crippen molar-refractivity contribution in [3.05, 3.63) is 70.5 Å². The second kappa shape index (κ2) is 8.71. The average molecular weight is 422 g/mol. The number of nitrogens with zero attached hydrogens (tertiary/aromatic N) is 3. The van der Waals surface area contributed by atoms with E-state index in [1.807, 2.05) is 49.6 Å². The van der Waals surface area contributed by atoms with Crippen molar-refractivity contribution < 1.29 is 4.79 Å². The van der Waals surface area contributed by atoms with Crippen LogP contribution in [0.25, 0.3) is 21.9 Å². The third kappa shape index (κ3) is 4.09. The van der Waals surface area contributed by atoms with Gasteiger partial charge in [-0.1, -0.05) is 24.3 Å². The Morgan fingerprint density at radius 3 is 2.87 bits per heavy atom. The first-order valence-corrected chi connectivity index (χ1v) is 11.1. The summed E-state index contributed by atoms with van der Waals surface area (Å²) >= 11 is 1.71. The van der Waals surface area contributed by atoms with Crippen LogP contribution in [-0.4, -0.2) is 37.4 Å². The number of hydrogen-bond acceptors (Lipinski definition) is 5. The number of hydrogen-bond donors (Lipinski definition) is 2. The van der Waals surface area contributed by atoms with Gasteiger partial charge in [0.2, 0.25) is 5.91 Å². The minimum absolute atomic E-state index is 0.0916. The lowest BCUT2D eigenvalue weighted by molar-refractivity contribution is -0.122. The third-order valence-electron chi connectivity index (χ3n) is 5.05. The van der Waals surface area contributed by atoms with Crippen LogP contribution in [-0.2, 0) is 11.3 Å². The van der Waals surface area contributed by atoms with Gasteiger partial charge in [0.15, 0.2) is 0 Å². The minimum atomic E-state index is -0.260. The van der Waals surface area contributed by atoms with Gasteiger partial charge in [0.05, 0.1) is 34.3 Å². The van der Waals surface area contributed by atoms with Gasteiger partial charge < -0.3 is 10.3 Å². The number of aryl methyl sites for hydroxylation is 1. The Bertz CT molecular complexity index is 1230. The molecule has 0 aliphatic rings. The molecule has 0 bridgehead atoms. The predicted molar refractivity (Wildman–Crippen MR) is 121 cm³/mol. The zero-order valence-corrected chi connectivity index (χ0v) is 17.7. The zero-order valence-electron chi connectivity index (χ0n) is 16.9. The number of thioether (sulfide) groups is 1. The van der Waals surface area contributed by atoms with Gasteiger partial charge in [0, 0.05) is 0 Å². The smallest absolute Gasteiger partial charge is 0.261 e. The number of rotatable bonds is 7. The van der Waals surface area contributed by atoms with Crippen LogP contribution >= 0.6 is 11.8 Å². The summed E-state index contributed by atoms with van der Waals surface area (Å²) in [4.78, 5) is 37.9. The summed E-state index contributed by atoms with van der Waals surface area (Å²) in [5, 5.41) is 3.55. The molecule has 4 aromatic rings. The molecule has 8 heteroatoms. The molecule has 2 aromatic heterocycles. The van der Waals surface area contributed by atoms with Crippen LogP contribution in [0.15, 0.2) is 53.6 Å². The lowest BCUT2D eigenvalue weighted by Crippen LogP contribution is -2.35. The second-order valence-electron chi connectivity index (χ2n) is 7.19. The number of H-pyrrole nitrogens is 1. The summed E-state index contributed by atoms with van der Waals surface area (Å²) < 4.78 is 1.35. The molecule has 1 atom stereocenters. The number of carbonyl (C=O) groups excluding carboxylic acids is 1. The lowest BCUT2D eigenvalue weighted by atomic mass is 10.1. The predicted octanol–water partition coefficient (Wildman–Crippen LogP) is 3.19. The van der Waals surface area contributed by atoms with Crippen molar-refractivity contribution in [1.29, 1.82) is 0 Å². The number of amides is 1. The molecule has 0 spiro atoms. The van der Waals surface area contributed by atoms with Crippen molar-refractivity contribution in [2.75, 3.05) is 12.0 Å². The highest BCUT2D eigenvalue weighted by atomic mass is 32.2. The molecule has 1 amide bonds. The van der Waals surface area contributed by atoms with E-state index in [4.69, 9.17) is 0 Å². The zero-order chi connectivity index (χ0) is 21.1. The van der Waals surface area contributed by atoms with Crippen molar-refractivity contribution in [3.8, 4) is 0 Å². The van der Waals surface area contributed by atoms with E-state index in [-0.39, 0.29) is 24.1 Å². The average Bonchev–Trinajstić information content (AvgIpc) is 3.18. The molecule has 2 heterocycles. The van der Waals surface area contributed by atoms with Gasteiger partial charge in [0.1, 0.15) is 12.4 Å². The molecule has 0 saturated carbocycles. The SMILES string of the molecule is CSCCC(NC(=O)Cn1cnc2c(C)cccc2c1=O)c1nc2ccccc2[nH]1. The Morgan fingerprint density at radius 1 is 1.23 bits per heavy atom. The summed E-state index contributed by atoms with van der Waals surface area (Å²) in [5.74, 6) is 1.34. The highest BCUT2D eigenvalue weighted by molar-refractivity contribution is 7.98. The van der Waals surface area contributed by atoms with E-state index in [9.17, 15) is 9.59 Å². The third-order valence-corrected chi connectivity index (χ3v) is 5.70. The fourth-order valence-corrected chi connectivity index (χ4v) is 3.97. The highest BCUT2D eigenvalue weighted by Crippen LogP contribution is 2.20. The van der Waals surface area contributed by atoms with E-state index in [2.05, 4.69) is 20.3 Å². The standard InChI is InChI=1S/C22H23N5O2S/c1-14-6-5-7-15-20(14)23-13-27(22(15)29)12-19(28)24-18(10-11-30-2)21-25-16-8-3-4-9-17(16)26-21/h3-9,13,18H,10-12H2,1-2H3,(H,24,28)(H,25,26). The van der Waals surface area contributed by atoms with Gasteiger partial charge >= 0.3 is 0 Å². The lowest BCUT2D eigenvalue weighted by Gasteiger charge is -2.17. The number of para-hydroxylation sites is 3. The number of imidazole rings is 1. The molecule has 4 rings (SSSR count). The Labute approximate surface area is 177 Å². The largest absolute Gasteiger partial charge is 0.345 e. The molecule has 0 saturated heterocycles. The van der Waals surface area contributed by atoms with Gasteiger partial charge in [0.25, 0.3) is 5.56 Å². The van der Waals surface area contributed by atoms with E-state index in [0.29, 0.717) is 10.9 Å². The van der Waals surface area contributed by atoms with Crippen LogP contribution in [0, 0.1) is 6.92 Å². The first-order valence-electron chi connectivity index (χ1n) is 9.74. The van der Waals surface area contributed by atoms with Gasteiger partial charge in [-0.05, 0) is 49.1 Å². The Balaban J connectivity index is 1.56. The number of aromatic amines is 1. The van der Waals surface area contributed by atoms with Gasteiger partial charge in [-0.25, -0.2) is 9.97 Å². The van der Waals surface area contributed by atoms with Crippen molar-refractivity contribution in [3.63, 3.8) is 0 Å². The van der Waals surface area contributed by atoms with E-state index in [0.717, 1.165) is 34.6 Å². The van der Waals surface area contributed by atoms with Crippen LogP contribution < -0.4 is 10.9 Å². The molecule has 7 nitrogen and oxygen atoms in total. The van der Waals surface area contributed by atoms with Gasteiger partial charge in [-0.2, -0.15) is 11.8 Å². The van der Waals surface area contributed by atoms with Crippen LogP contribution in [0.5, 0.6) is 0 Å². The van der Waals surface area contributed by atoms with Crippen LogP contribution in [0.1, 0.15) is 23.9 Å². The molecular weight excluding hydrogens is 398 g/mol. The molecule has 0 radical (unpaired) electrons. The Morgan fingerprint density at radius 2 is 2.07 bits per heavy atom. The summed E-state index contributed by atoms with van der Waals surface area (Å²) in [5.41, 5.74) is 3.17. The summed E-state index contributed by atoms with van der Waals surface area (Å²) in [6, 6.07) is 13.0. The number of aromatic nitrogens is 4. The number of benzene rings is 2. The van der Waals surface area contributed by atoms with Gasteiger partial charge in [-0.15, -0.1) is 0 Å². The molecular formula is C22H23N5O2S. The fraction of sp³-hybridized carbons (Fsp3) is 0.273. The maximum atomic E-state index is 12.8. The van der Waals surface area contributed by atoms with E-state index in [1.54, 1.807) is 17.8 Å². The molecule has 2 aromatic carbocycles. The highest BCUT2D eigenvalue weighted by Gasteiger charge is 2.19. The Hall–Kier alpha value is -3.13. The first kappa shape index (κ1) is 20.2. The summed E-state index contributed by atoms with van der Waals surface area (Å²) in [6.45, 7) is 1.82. The molecule has 2 N–H and O–H groups in total. The van der Waals surface area contributed by atoms with Gasteiger partial charge in [-0.3, -0.25) is 14.2 Å². The van der Waals surface area contributed by atoms with Crippen molar-refractivity contribution in [1.82, 2.24) is 24.8 Å². The molecule has 30 heavy (non-hydrogen) atoms. The van der Waals surface area contributed by atoms with E-state index < -0.39 is 0 Å². The van der Waals surface area contributed by atoms with Crippen molar-refractivity contribution >= 4 is 39.6 Å². The number of carbonyl (C=O) groups is 1. The summed E-state index contributed by atoms with van der Waals surface area (Å²) in [6.07, 6.45) is 4.20. The quantitative estimate of drug-likeness (QED) is 0.478. The molecule has 154 valence electrons. The number of nitrogens with one attached hydrogen (secondary N) is 2. The maximum absolute atomic E-state index is 12.8. The van der Waals surface area contributed by atoms with E-state index >= 15 is 0 Å². The minimum Gasteiger partial charge on any atom is -0.345 e. The number of fused-ring (bicyclic) bond motifs is 2. The first-order chi connectivity index (χ1) is 14.6. The fourth-order valence-electron chi connectivity index (χ4n) is 3.50. The molecule has 1 unspecified atom stereocenters. The van der Waals surface area contributed by atoms with Crippen LogP contribution in [0.3, 0.4) is 0 Å². The Kier molecular flexibility index (Phi) is 5.85. The normalized spacial score (nSPS) is 12.3.